The van der Waals surface area contributed by atoms with Crippen LogP contribution in [0.3, 0.4) is 0 Å². The Hall–Kier alpha value is -0.120. The van der Waals surface area contributed by atoms with Crippen LogP contribution in [0.25, 0.3) is 0 Å². The zero-order valence-corrected chi connectivity index (χ0v) is 11.9. The smallest absolute Gasteiger partial charge is 0.0593 e. The van der Waals surface area contributed by atoms with Crippen molar-refractivity contribution < 1.29 is 4.74 Å². The van der Waals surface area contributed by atoms with Gasteiger partial charge in [0.05, 0.1) is 6.61 Å². The van der Waals surface area contributed by atoms with Crippen molar-refractivity contribution in [1.29, 1.82) is 0 Å². The number of piperidine rings is 1. The highest BCUT2D eigenvalue weighted by Crippen LogP contribution is 2.13. The van der Waals surface area contributed by atoms with Gasteiger partial charge in [0.1, 0.15) is 0 Å². The third-order valence-corrected chi connectivity index (χ3v) is 3.49. The molecule has 17 heavy (non-hydrogen) atoms. The highest BCUT2D eigenvalue weighted by Gasteiger charge is 2.18. The number of hydrogen-bond donors (Lipinski definition) is 1. The van der Waals surface area contributed by atoms with E-state index in [-0.39, 0.29) is 0 Å². The first kappa shape index (κ1) is 14.9. The molecule has 1 N–H and O–H groups in total. The lowest BCUT2D eigenvalue weighted by Crippen LogP contribution is -2.42. The number of rotatable bonds is 8. The summed E-state index contributed by atoms with van der Waals surface area (Å²) in [5.74, 6) is 0.831. The third-order valence-electron chi connectivity index (χ3n) is 3.49. The lowest BCUT2D eigenvalue weighted by molar-refractivity contribution is 0.0824. The molecule has 0 saturated carbocycles. The molecule has 3 heteroatoms. The maximum absolute atomic E-state index is 5.60. The van der Waals surface area contributed by atoms with Crippen molar-refractivity contribution in [3.05, 3.63) is 0 Å². The fourth-order valence-corrected chi connectivity index (χ4v) is 2.40. The highest BCUT2D eigenvalue weighted by molar-refractivity contribution is 4.74. The van der Waals surface area contributed by atoms with E-state index in [9.17, 15) is 0 Å². The van der Waals surface area contributed by atoms with Crippen molar-refractivity contribution in [3.8, 4) is 0 Å². The van der Waals surface area contributed by atoms with E-state index in [0.29, 0.717) is 6.04 Å². The predicted octanol–water partition coefficient (Wildman–Crippen LogP) is 2.12. The fourth-order valence-electron chi connectivity index (χ4n) is 2.40. The summed E-state index contributed by atoms with van der Waals surface area (Å²) < 4.78 is 5.60. The molecule has 1 saturated heterocycles. The summed E-state index contributed by atoms with van der Waals surface area (Å²) in [6.07, 6.45) is 3.84. The van der Waals surface area contributed by atoms with Crippen LogP contribution in [-0.4, -0.2) is 50.3 Å². The van der Waals surface area contributed by atoms with Crippen molar-refractivity contribution in [2.45, 2.75) is 46.1 Å². The molecule has 1 fully saturated rings. The summed E-state index contributed by atoms with van der Waals surface area (Å²) in [6, 6.07) is 0.627. The zero-order chi connectivity index (χ0) is 12.5. The molecule has 0 aliphatic carbocycles. The van der Waals surface area contributed by atoms with Gasteiger partial charge in [0.25, 0.3) is 0 Å². The van der Waals surface area contributed by atoms with Gasteiger partial charge in [-0.05, 0) is 52.1 Å². The SMILES string of the molecule is CCCOCCN(CC1CCCNC1)C(C)C. The molecule has 102 valence electrons. The Morgan fingerprint density at radius 1 is 1.35 bits per heavy atom. The van der Waals surface area contributed by atoms with Crippen molar-refractivity contribution in [3.63, 3.8) is 0 Å². The van der Waals surface area contributed by atoms with Crippen LogP contribution >= 0.6 is 0 Å². The third kappa shape index (κ3) is 6.39. The van der Waals surface area contributed by atoms with E-state index in [4.69, 9.17) is 4.74 Å². The van der Waals surface area contributed by atoms with Crippen molar-refractivity contribution in [1.82, 2.24) is 10.2 Å². The molecule has 0 radical (unpaired) electrons. The zero-order valence-electron chi connectivity index (χ0n) is 11.9. The van der Waals surface area contributed by atoms with Gasteiger partial charge in [-0.1, -0.05) is 6.92 Å². The van der Waals surface area contributed by atoms with Crippen LogP contribution in [0.4, 0.5) is 0 Å². The van der Waals surface area contributed by atoms with E-state index < -0.39 is 0 Å². The molecule has 3 nitrogen and oxygen atoms in total. The second kappa shape index (κ2) is 8.90. The van der Waals surface area contributed by atoms with Crippen LogP contribution in [0, 0.1) is 5.92 Å². The van der Waals surface area contributed by atoms with Crippen molar-refractivity contribution >= 4 is 0 Å². The van der Waals surface area contributed by atoms with Crippen molar-refractivity contribution in [2.75, 3.05) is 39.4 Å². The molecule has 0 aromatic carbocycles. The molecule has 0 aromatic heterocycles. The lowest BCUT2D eigenvalue weighted by Gasteiger charge is -2.32. The highest BCUT2D eigenvalue weighted by atomic mass is 16.5. The number of ether oxygens (including phenoxy) is 1. The van der Waals surface area contributed by atoms with Gasteiger partial charge in [-0.2, -0.15) is 0 Å². The summed E-state index contributed by atoms with van der Waals surface area (Å²) >= 11 is 0. The van der Waals surface area contributed by atoms with Gasteiger partial charge in [-0.3, -0.25) is 4.90 Å². The summed E-state index contributed by atoms with van der Waals surface area (Å²) in [5.41, 5.74) is 0. The summed E-state index contributed by atoms with van der Waals surface area (Å²) in [4.78, 5) is 2.56. The molecule has 1 heterocycles. The molecular formula is C14H30N2O. The van der Waals surface area contributed by atoms with Gasteiger partial charge in [0, 0.05) is 25.7 Å². The van der Waals surface area contributed by atoms with E-state index >= 15 is 0 Å². The molecule has 1 aliphatic heterocycles. The summed E-state index contributed by atoms with van der Waals surface area (Å²) in [5, 5.41) is 3.50. The van der Waals surface area contributed by atoms with Gasteiger partial charge in [0.15, 0.2) is 0 Å². The summed E-state index contributed by atoms with van der Waals surface area (Å²) in [6.45, 7) is 13.2. The lowest BCUT2D eigenvalue weighted by atomic mass is 9.98. The molecular weight excluding hydrogens is 212 g/mol. The Bertz CT molecular complexity index is 179. The standard InChI is InChI=1S/C14H30N2O/c1-4-9-17-10-8-16(13(2)3)12-14-6-5-7-15-11-14/h13-15H,4-12H2,1-3H3. The fraction of sp³-hybridized carbons (Fsp3) is 1.00. The van der Waals surface area contributed by atoms with Crippen LogP contribution in [0.5, 0.6) is 0 Å². The van der Waals surface area contributed by atoms with Crippen LogP contribution in [0.15, 0.2) is 0 Å². The molecule has 0 bridgehead atoms. The normalized spacial score (nSPS) is 21.4. The van der Waals surface area contributed by atoms with Gasteiger partial charge in [-0.15, -0.1) is 0 Å². The minimum absolute atomic E-state index is 0.627. The number of nitrogens with zero attached hydrogens (tertiary/aromatic N) is 1. The maximum atomic E-state index is 5.60. The minimum atomic E-state index is 0.627. The first-order chi connectivity index (χ1) is 8.24. The maximum Gasteiger partial charge on any atom is 0.0593 e. The largest absolute Gasteiger partial charge is 0.380 e. The second-order valence-electron chi connectivity index (χ2n) is 5.41. The molecule has 0 spiro atoms. The van der Waals surface area contributed by atoms with Crippen molar-refractivity contribution in [2.24, 2.45) is 5.92 Å². The topological polar surface area (TPSA) is 24.5 Å². The van der Waals surface area contributed by atoms with Crippen LogP contribution < -0.4 is 5.32 Å². The number of hydrogen-bond acceptors (Lipinski definition) is 3. The Labute approximate surface area is 107 Å². The number of nitrogens with one attached hydrogen (secondary N) is 1. The van der Waals surface area contributed by atoms with Crippen LogP contribution in [0.1, 0.15) is 40.0 Å². The Morgan fingerprint density at radius 2 is 2.18 bits per heavy atom. The average Bonchev–Trinajstić information content (AvgIpc) is 2.34. The molecule has 1 unspecified atom stereocenters. The van der Waals surface area contributed by atoms with E-state index in [2.05, 4.69) is 31.0 Å². The Kier molecular flexibility index (Phi) is 7.82. The van der Waals surface area contributed by atoms with Gasteiger partial charge in [0.2, 0.25) is 0 Å². The molecule has 1 aliphatic rings. The molecule has 0 amide bonds. The van der Waals surface area contributed by atoms with E-state index in [1.54, 1.807) is 0 Å². The van der Waals surface area contributed by atoms with E-state index in [1.807, 2.05) is 0 Å². The first-order valence-electron chi connectivity index (χ1n) is 7.26. The Morgan fingerprint density at radius 3 is 2.76 bits per heavy atom. The van der Waals surface area contributed by atoms with Crippen LogP contribution in [-0.2, 0) is 4.74 Å². The predicted molar refractivity (Wildman–Crippen MR) is 73.4 cm³/mol. The molecule has 1 rings (SSSR count). The molecule has 0 aromatic rings. The monoisotopic (exact) mass is 242 g/mol. The van der Waals surface area contributed by atoms with Gasteiger partial charge in [-0.25, -0.2) is 0 Å². The van der Waals surface area contributed by atoms with Gasteiger partial charge >= 0.3 is 0 Å². The van der Waals surface area contributed by atoms with Crippen LogP contribution in [0.2, 0.25) is 0 Å². The van der Waals surface area contributed by atoms with E-state index in [0.717, 1.165) is 32.1 Å². The summed E-state index contributed by atoms with van der Waals surface area (Å²) in [7, 11) is 0. The molecule has 1 atom stereocenters. The van der Waals surface area contributed by atoms with E-state index in [1.165, 1.54) is 32.5 Å². The first-order valence-corrected chi connectivity index (χ1v) is 7.26. The second-order valence-corrected chi connectivity index (χ2v) is 5.41. The minimum Gasteiger partial charge on any atom is -0.380 e. The van der Waals surface area contributed by atoms with Gasteiger partial charge < -0.3 is 10.1 Å². The average molecular weight is 242 g/mol. The quantitative estimate of drug-likeness (QED) is 0.660. The Balaban J connectivity index is 2.21.